The van der Waals surface area contributed by atoms with Gasteiger partial charge in [-0.25, -0.2) is 13.1 Å². The van der Waals surface area contributed by atoms with Crippen molar-refractivity contribution in [3.63, 3.8) is 0 Å². The third kappa shape index (κ3) is 8.17. The first kappa shape index (κ1) is 34.7. The minimum Gasteiger partial charge on any atom is -0.508 e. The number of phenols is 1. The van der Waals surface area contributed by atoms with E-state index in [1.807, 2.05) is 72.6 Å². The number of aliphatic hydroxyl groups excluding tert-OH is 2. The van der Waals surface area contributed by atoms with Crippen LogP contribution in [0.3, 0.4) is 0 Å². The van der Waals surface area contributed by atoms with Crippen molar-refractivity contribution in [3.05, 3.63) is 137 Å². The molecule has 0 spiro atoms. The largest absolute Gasteiger partial charge is 0.508 e. The van der Waals surface area contributed by atoms with E-state index in [2.05, 4.69) is 16.6 Å². The predicted octanol–water partition coefficient (Wildman–Crippen LogP) is 5.37. The van der Waals surface area contributed by atoms with Gasteiger partial charge in [-0.1, -0.05) is 85.8 Å². The van der Waals surface area contributed by atoms with Gasteiger partial charge in [0.1, 0.15) is 10.6 Å². The highest BCUT2D eigenvalue weighted by molar-refractivity contribution is 7.89. The van der Waals surface area contributed by atoms with Crippen molar-refractivity contribution >= 4 is 20.9 Å². The zero-order valence-corrected chi connectivity index (χ0v) is 28.2. The second-order valence-corrected chi connectivity index (χ2v) is 14.3. The van der Waals surface area contributed by atoms with Crippen LogP contribution >= 0.6 is 0 Å². The maximum atomic E-state index is 13.2. The molecule has 0 radical (unpaired) electrons. The fourth-order valence-electron chi connectivity index (χ4n) is 6.18. The maximum Gasteiger partial charge on any atom is 0.243 e. The predicted molar refractivity (Wildman–Crippen MR) is 186 cm³/mol. The van der Waals surface area contributed by atoms with Crippen molar-refractivity contribution in [1.29, 1.82) is 0 Å². The summed E-state index contributed by atoms with van der Waals surface area (Å²) in [5.41, 5.74) is 4.35. The van der Waals surface area contributed by atoms with Crippen LogP contribution in [-0.4, -0.2) is 59.9 Å². The number of aliphatic hydroxyl groups is 2. The molecule has 5 unspecified atom stereocenters. The Bertz CT molecular complexity index is 1970. The van der Waals surface area contributed by atoms with Crippen molar-refractivity contribution in [3.8, 4) is 5.75 Å². The van der Waals surface area contributed by atoms with E-state index in [1.54, 1.807) is 48.7 Å². The molecule has 1 fully saturated rings. The number of likely N-dealkylation sites (N-methyl/N-ethyl adjacent to an activating group) is 1. The fourth-order valence-corrected chi connectivity index (χ4v) is 7.38. The smallest absolute Gasteiger partial charge is 0.243 e. The molecule has 11 heteroatoms. The first-order valence-corrected chi connectivity index (χ1v) is 17.7. The number of nitrogens with zero attached hydrogens (tertiary/aromatic N) is 2. The number of hydrogen-bond donors (Lipinski definition) is 4. The highest BCUT2D eigenvalue weighted by Gasteiger charge is 2.39. The minimum absolute atomic E-state index is 0.0522. The Hall–Kier alpha value is -4.20. The number of hydrogen-bond acceptors (Lipinski definition) is 9. The van der Waals surface area contributed by atoms with Gasteiger partial charge in [0.05, 0.1) is 30.4 Å². The summed E-state index contributed by atoms with van der Waals surface area (Å²) in [6.07, 6.45) is -0.522. The van der Waals surface area contributed by atoms with E-state index < -0.39 is 22.4 Å². The molecule has 49 heavy (non-hydrogen) atoms. The zero-order valence-electron chi connectivity index (χ0n) is 27.4. The molecule has 6 rings (SSSR count). The number of ether oxygens (including phenoxy) is 2. The van der Waals surface area contributed by atoms with Gasteiger partial charge in [-0.05, 0) is 53.6 Å². The third-order valence-corrected chi connectivity index (χ3v) is 10.4. The van der Waals surface area contributed by atoms with Gasteiger partial charge < -0.3 is 29.7 Å². The summed E-state index contributed by atoms with van der Waals surface area (Å²) < 4.78 is 42.3. The highest BCUT2D eigenvalue weighted by Crippen LogP contribution is 2.42. The lowest BCUT2D eigenvalue weighted by Gasteiger charge is -2.42. The Kier molecular flexibility index (Phi) is 10.7. The SMILES string of the molecule is CC1C(CN(C)CC(O)c2cccc(O)c2)OC(c2ccc(CNS(=O)(=O)c3cccc4cccnc34)cc2)OC1c1ccc(CO)cc1. The quantitative estimate of drug-likeness (QED) is 0.137. The number of nitrogens with one attached hydrogen (secondary N) is 1. The Morgan fingerprint density at radius 2 is 1.59 bits per heavy atom. The molecule has 2 heterocycles. The molecule has 0 aliphatic carbocycles. The number of aromatic hydroxyl groups is 1. The Morgan fingerprint density at radius 1 is 0.898 bits per heavy atom. The average molecular weight is 684 g/mol. The molecule has 1 aromatic heterocycles. The number of benzene rings is 4. The van der Waals surface area contributed by atoms with Gasteiger partial charge in [-0.3, -0.25) is 4.98 Å². The summed E-state index contributed by atoms with van der Waals surface area (Å²) in [6.45, 7) is 2.95. The normalized spacial score (nSPS) is 20.4. The van der Waals surface area contributed by atoms with Crippen LogP contribution in [0.1, 0.15) is 53.2 Å². The summed E-state index contributed by atoms with van der Waals surface area (Å²) in [6, 6.07) is 30.4. The van der Waals surface area contributed by atoms with Crippen LogP contribution in [0.2, 0.25) is 0 Å². The van der Waals surface area contributed by atoms with E-state index in [9.17, 15) is 23.7 Å². The van der Waals surface area contributed by atoms with Gasteiger partial charge in [0.2, 0.25) is 10.0 Å². The van der Waals surface area contributed by atoms with Gasteiger partial charge in [0.15, 0.2) is 6.29 Å². The molecular weight excluding hydrogens is 642 g/mol. The summed E-state index contributed by atoms with van der Waals surface area (Å²) in [7, 11) is -1.91. The van der Waals surface area contributed by atoms with Crippen molar-refractivity contribution in [2.45, 2.75) is 49.6 Å². The van der Waals surface area contributed by atoms with Crippen LogP contribution in [-0.2, 0) is 32.6 Å². The molecular formula is C38H41N3O7S. The summed E-state index contributed by atoms with van der Waals surface area (Å²) >= 11 is 0. The first-order valence-electron chi connectivity index (χ1n) is 16.2. The maximum absolute atomic E-state index is 13.2. The lowest BCUT2D eigenvalue weighted by Crippen LogP contribution is -2.44. The number of rotatable bonds is 12. The topological polar surface area (TPSA) is 141 Å². The van der Waals surface area contributed by atoms with Crippen LogP contribution in [0, 0.1) is 5.92 Å². The molecule has 5 atom stereocenters. The monoisotopic (exact) mass is 683 g/mol. The Balaban J connectivity index is 1.17. The molecule has 0 saturated carbocycles. The summed E-state index contributed by atoms with van der Waals surface area (Å²) in [5, 5.41) is 31.0. The van der Waals surface area contributed by atoms with Gasteiger partial charge in [0.25, 0.3) is 0 Å². The molecule has 4 N–H and O–H groups in total. The van der Waals surface area contributed by atoms with Crippen molar-refractivity contribution in [1.82, 2.24) is 14.6 Å². The van der Waals surface area contributed by atoms with Gasteiger partial charge in [-0.15, -0.1) is 0 Å². The van der Waals surface area contributed by atoms with E-state index in [1.165, 1.54) is 0 Å². The van der Waals surface area contributed by atoms with Crippen LogP contribution in [0.4, 0.5) is 0 Å². The molecule has 10 nitrogen and oxygen atoms in total. The number of sulfonamides is 1. The molecule has 256 valence electrons. The van der Waals surface area contributed by atoms with E-state index in [4.69, 9.17) is 9.47 Å². The molecule has 1 aliphatic rings. The van der Waals surface area contributed by atoms with E-state index in [-0.39, 0.29) is 41.9 Å². The van der Waals surface area contributed by atoms with Crippen molar-refractivity contribution < 1.29 is 33.2 Å². The number of aromatic nitrogens is 1. The van der Waals surface area contributed by atoms with Crippen molar-refractivity contribution in [2.75, 3.05) is 20.1 Å². The van der Waals surface area contributed by atoms with Crippen LogP contribution in [0.25, 0.3) is 10.9 Å². The van der Waals surface area contributed by atoms with E-state index >= 15 is 0 Å². The molecule has 4 aromatic carbocycles. The van der Waals surface area contributed by atoms with Crippen molar-refractivity contribution in [2.24, 2.45) is 5.92 Å². The van der Waals surface area contributed by atoms with Crippen LogP contribution in [0.15, 0.2) is 114 Å². The number of phenolic OH excluding ortho intramolecular Hbond substituents is 1. The average Bonchev–Trinajstić information content (AvgIpc) is 3.11. The van der Waals surface area contributed by atoms with Gasteiger partial charge in [-0.2, -0.15) is 0 Å². The number of pyridine rings is 1. The van der Waals surface area contributed by atoms with Crippen LogP contribution < -0.4 is 4.72 Å². The first-order chi connectivity index (χ1) is 23.6. The number of para-hydroxylation sites is 1. The minimum atomic E-state index is -3.82. The van der Waals surface area contributed by atoms with E-state index in [0.717, 1.165) is 27.6 Å². The highest BCUT2D eigenvalue weighted by atomic mass is 32.2. The second-order valence-electron chi connectivity index (χ2n) is 12.6. The molecule has 0 amide bonds. The Labute approximate surface area is 286 Å². The summed E-state index contributed by atoms with van der Waals surface area (Å²) in [4.78, 5) is 6.41. The molecule has 1 saturated heterocycles. The molecule has 5 aromatic rings. The Morgan fingerprint density at radius 3 is 2.33 bits per heavy atom. The zero-order chi connectivity index (χ0) is 34.5. The lowest BCUT2D eigenvalue weighted by molar-refractivity contribution is -0.276. The standard InChI is InChI=1S/C38H41N3O7S/c1-25-34(23-41(2)22-33(44)31-7-3-9-32(43)20-31)47-38(48-37(25)29-15-13-27(24-42)14-16-29)30-17-11-26(12-18-30)21-40-49(45,46)35-10-4-6-28-8-5-19-39-36(28)35/h3-20,25,33-34,37-38,40,42-44H,21-24H2,1-2H3. The fraction of sp³-hybridized carbons (Fsp3) is 0.289. The van der Waals surface area contributed by atoms with Gasteiger partial charge in [0, 0.05) is 42.7 Å². The van der Waals surface area contributed by atoms with E-state index in [0.29, 0.717) is 24.2 Å². The third-order valence-electron chi connectivity index (χ3n) is 8.96. The van der Waals surface area contributed by atoms with Gasteiger partial charge >= 0.3 is 0 Å². The van der Waals surface area contributed by atoms with Crippen LogP contribution in [0.5, 0.6) is 5.75 Å². The molecule has 0 bridgehead atoms. The number of fused-ring (bicyclic) bond motifs is 1. The lowest BCUT2D eigenvalue weighted by atomic mass is 9.90. The second kappa shape index (κ2) is 15.1. The summed E-state index contributed by atoms with van der Waals surface area (Å²) in [5.74, 6) is 0.0397. The molecule has 1 aliphatic heterocycles.